The first-order valence-electron chi connectivity index (χ1n) is 6.23. The van der Waals surface area contributed by atoms with Crippen molar-refractivity contribution in [2.75, 3.05) is 13.1 Å². The van der Waals surface area contributed by atoms with Crippen LogP contribution in [0.4, 0.5) is 0 Å². The van der Waals surface area contributed by atoms with Gasteiger partial charge in [0.05, 0.1) is 0 Å². The van der Waals surface area contributed by atoms with Gasteiger partial charge in [0.1, 0.15) is 5.66 Å². The third-order valence-electron chi connectivity index (χ3n) is 2.65. The van der Waals surface area contributed by atoms with E-state index in [0.717, 1.165) is 6.42 Å². The van der Waals surface area contributed by atoms with Crippen molar-refractivity contribution in [3.63, 3.8) is 0 Å². The van der Waals surface area contributed by atoms with E-state index in [0.29, 0.717) is 45.2 Å². The monoisotopic (exact) mass is 242 g/mol. The number of nitrogens with two attached hydrogens (primary N) is 2. The van der Waals surface area contributed by atoms with Gasteiger partial charge >= 0.3 is 0 Å². The molecule has 0 aliphatic rings. The van der Waals surface area contributed by atoms with Crippen molar-refractivity contribution in [1.82, 2.24) is 5.32 Å². The van der Waals surface area contributed by atoms with Gasteiger partial charge in [0.2, 0.25) is 0 Å². The molecule has 1 atom stereocenters. The number of carbonyl (C=O) groups is 1. The molecule has 5 heteroatoms. The van der Waals surface area contributed by atoms with E-state index in [4.69, 9.17) is 11.5 Å². The summed E-state index contributed by atoms with van der Waals surface area (Å²) in [7, 11) is 0. The molecule has 0 heterocycles. The van der Waals surface area contributed by atoms with Gasteiger partial charge in [-0.1, -0.05) is 13.3 Å². The van der Waals surface area contributed by atoms with Gasteiger partial charge < -0.3 is 11.5 Å². The first kappa shape index (κ1) is 16.2. The molecule has 0 bridgehead atoms. The summed E-state index contributed by atoms with van der Waals surface area (Å²) in [5, 5.41) is 3.05. The second kappa shape index (κ2) is 9.27. The van der Waals surface area contributed by atoms with Crippen LogP contribution >= 0.6 is 0 Å². The van der Waals surface area contributed by atoms with Gasteiger partial charge in [-0.25, -0.2) is 0 Å². The summed E-state index contributed by atoms with van der Waals surface area (Å²) in [5.74, 6) is -0.000109. The van der Waals surface area contributed by atoms with Gasteiger partial charge in [-0.05, 0) is 32.4 Å². The summed E-state index contributed by atoms with van der Waals surface area (Å²) in [5.41, 5.74) is 10.5. The van der Waals surface area contributed by atoms with Crippen molar-refractivity contribution in [1.29, 1.82) is 0 Å². The third kappa shape index (κ3) is 6.51. The molecule has 0 spiro atoms. The largest absolute Gasteiger partial charge is 0.330 e. The van der Waals surface area contributed by atoms with Crippen LogP contribution in [0.5, 0.6) is 0 Å². The highest BCUT2D eigenvalue weighted by Gasteiger charge is 2.30. The zero-order valence-corrected chi connectivity index (χ0v) is 10.6. The Morgan fingerprint density at radius 2 is 2.12 bits per heavy atom. The van der Waals surface area contributed by atoms with E-state index in [1.165, 1.54) is 0 Å². The molecule has 1 unspecified atom stereocenters. The van der Waals surface area contributed by atoms with Crippen LogP contribution in [0.1, 0.15) is 45.4 Å². The lowest BCUT2D eigenvalue weighted by atomic mass is 9.96. The molecule has 0 fully saturated rings. The van der Waals surface area contributed by atoms with Gasteiger partial charge in [0.25, 0.3) is 0 Å². The van der Waals surface area contributed by atoms with Crippen molar-refractivity contribution in [2.45, 2.75) is 51.1 Å². The smallest absolute Gasteiger partial charge is 0.198 e. The maximum absolute atomic E-state index is 12.0. The fraction of sp³-hybridized carbons (Fsp3) is 0.833. The minimum Gasteiger partial charge on any atom is -0.330 e. The molecule has 5 nitrogen and oxygen atoms in total. The number of carbonyl (C=O) groups excluding carboxylic acids is 2. The van der Waals surface area contributed by atoms with Crippen molar-refractivity contribution in [3.05, 3.63) is 0 Å². The SMILES string of the molecule is CCCC(N)(NCCC[C]=O)C(=O)CCCN. The minimum atomic E-state index is -0.965. The number of nitrogens with one attached hydrogen (secondary N) is 1. The van der Waals surface area contributed by atoms with Crippen LogP contribution in [0.3, 0.4) is 0 Å². The first-order chi connectivity index (χ1) is 8.10. The summed E-state index contributed by atoms with van der Waals surface area (Å²) in [6.07, 6.45) is 5.32. The van der Waals surface area contributed by atoms with Crippen LogP contribution in [-0.2, 0) is 9.59 Å². The van der Waals surface area contributed by atoms with E-state index in [-0.39, 0.29) is 5.78 Å². The lowest BCUT2D eigenvalue weighted by Crippen LogP contribution is -2.59. The molecule has 0 saturated heterocycles. The second-order valence-electron chi connectivity index (χ2n) is 4.21. The number of Topliss-reactive ketones (excluding diaryl/α,β-unsaturated/α-hetero) is 1. The number of hydrogen-bond acceptors (Lipinski definition) is 5. The molecule has 0 saturated carbocycles. The highest BCUT2D eigenvalue weighted by atomic mass is 16.1. The Balaban J connectivity index is 4.22. The van der Waals surface area contributed by atoms with Crippen LogP contribution < -0.4 is 16.8 Å². The van der Waals surface area contributed by atoms with Crippen molar-refractivity contribution in [2.24, 2.45) is 11.5 Å². The molecule has 5 N–H and O–H groups in total. The zero-order chi connectivity index (χ0) is 13.1. The second-order valence-corrected chi connectivity index (χ2v) is 4.21. The Bertz CT molecular complexity index is 234. The fourth-order valence-corrected chi connectivity index (χ4v) is 1.68. The first-order valence-corrected chi connectivity index (χ1v) is 6.23. The summed E-state index contributed by atoms with van der Waals surface area (Å²) in [6.45, 7) is 3.03. The quantitative estimate of drug-likeness (QED) is 0.356. The lowest BCUT2D eigenvalue weighted by molar-refractivity contribution is -0.125. The minimum absolute atomic E-state index is 0.000109. The average molecular weight is 242 g/mol. The summed E-state index contributed by atoms with van der Waals surface area (Å²) in [4.78, 5) is 22.0. The normalized spacial score (nSPS) is 14.3. The Morgan fingerprint density at radius 3 is 2.65 bits per heavy atom. The van der Waals surface area contributed by atoms with Gasteiger partial charge in [-0.15, -0.1) is 0 Å². The number of rotatable bonds is 11. The molecule has 0 aliphatic carbocycles. The molecule has 0 aromatic rings. The molecular formula is C12H24N3O2. The molecule has 99 valence electrons. The van der Waals surface area contributed by atoms with Crippen molar-refractivity contribution < 1.29 is 9.59 Å². The molecule has 0 rings (SSSR count). The topological polar surface area (TPSA) is 98.2 Å². The Hall–Kier alpha value is -0.780. The predicted molar refractivity (Wildman–Crippen MR) is 68.1 cm³/mol. The van der Waals surface area contributed by atoms with E-state index in [2.05, 4.69) is 5.32 Å². The third-order valence-corrected chi connectivity index (χ3v) is 2.65. The summed E-state index contributed by atoms with van der Waals surface area (Å²) >= 11 is 0. The molecule has 0 amide bonds. The zero-order valence-electron chi connectivity index (χ0n) is 10.6. The lowest BCUT2D eigenvalue weighted by Gasteiger charge is -2.29. The Morgan fingerprint density at radius 1 is 1.41 bits per heavy atom. The molecule has 0 aliphatic heterocycles. The number of unbranched alkanes of at least 4 members (excludes halogenated alkanes) is 1. The maximum Gasteiger partial charge on any atom is 0.198 e. The van der Waals surface area contributed by atoms with E-state index in [1.807, 2.05) is 13.2 Å². The van der Waals surface area contributed by atoms with Crippen LogP contribution in [0.2, 0.25) is 0 Å². The van der Waals surface area contributed by atoms with Gasteiger partial charge in [0, 0.05) is 12.8 Å². The highest BCUT2D eigenvalue weighted by molar-refractivity contribution is 5.87. The van der Waals surface area contributed by atoms with Crippen molar-refractivity contribution in [3.8, 4) is 0 Å². The summed E-state index contributed by atoms with van der Waals surface area (Å²) in [6, 6.07) is 0. The standard InChI is InChI=1S/C12H24N3O2/c1-2-7-12(14,11(17)6-5-8-13)15-9-3-4-10-16/h15H,2-9,13-14H2,1H3. The summed E-state index contributed by atoms with van der Waals surface area (Å²) < 4.78 is 0. The van der Waals surface area contributed by atoms with Crippen LogP contribution in [-0.4, -0.2) is 30.8 Å². The van der Waals surface area contributed by atoms with E-state index in [1.54, 1.807) is 0 Å². The van der Waals surface area contributed by atoms with Crippen LogP contribution in [0.15, 0.2) is 0 Å². The highest BCUT2D eigenvalue weighted by Crippen LogP contribution is 2.11. The van der Waals surface area contributed by atoms with E-state index >= 15 is 0 Å². The van der Waals surface area contributed by atoms with Crippen LogP contribution in [0.25, 0.3) is 0 Å². The molecule has 17 heavy (non-hydrogen) atoms. The Labute approximate surface area is 103 Å². The maximum atomic E-state index is 12.0. The van der Waals surface area contributed by atoms with Crippen LogP contribution in [0, 0.1) is 0 Å². The van der Waals surface area contributed by atoms with E-state index in [9.17, 15) is 9.59 Å². The number of ketones is 1. The predicted octanol–water partition coefficient (Wildman–Crippen LogP) is 0.229. The molecule has 0 aromatic carbocycles. The van der Waals surface area contributed by atoms with Gasteiger partial charge in [-0.2, -0.15) is 0 Å². The number of hydrogen-bond donors (Lipinski definition) is 3. The Kier molecular flexibility index (Phi) is 8.85. The van der Waals surface area contributed by atoms with Gasteiger partial charge in [-0.3, -0.25) is 14.9 Å². The molecule has 1 radical (unpaired) electrons. The average Bonchev–Trinajstić information content (AvgIpc) is 2.32. The van der Waals surface area contributed by atoms with Gasteiger partial charge in [0.15, 0.2) is 12.1 Å². The van der Waals surface area contributed by atoms with E-state index < -0.39 is 5.66 Å². The fourth-order valence-electron chi connectivity index (χ4n) is 1.68. The molecular weight excluding hydrogens is 218 g/mol. The molecule has 0 aromatic heterocycles. The van der Waals surface area contributed by atoms with Crippen molar-refractivity contribution >= 4 is 12.1 Å².